The Hall–Kier alpha value is -2.00. The molecule has 1 aliphatic carbocycles. The van der Waals surface area contributed by atoms with E-state index in [-0.39, 0.29) is 11.8 Å². The first-order chi connectivity index (χ1) is 10.1. The first kappa shape index (κ1) is 14.0. The van der Waals surface area contributed by atoms with Crippen molar-refractivity contribution >= 4 is 28.9 Å². The van der Waals surface area contributed by atoms with Crippen molar-refractivity contribution in [2.45, 2.75) is 19.3 Å². The number of carbonyl (C=O) groups is 1. The molecule has 0 saturated carbocycles. The summed E-state index contributed by atoms with van der Waals surface area (Å²) in [5, 5.41) is 3.38. The Morgan fingerprint density at radius 3 is 2.71 bits per heavy atom. The predicted octanol–water partition coefficient (Wildman–Crippen LogP) is 3.67. The van der Waals surface area contributed by atoms with Crippen molar-refractivity contribution in [3.63, 3.8) is 0 Å². The molecule has 0 radical (unpaired) electrons. The van der Waals surface area contributed by atoms with Crippen LogP contribution in [0, 0.1) is 5.92 Å². The number of nitrogens with one attached hydrogen (secondary N) is 1. The highest BCUT2D eigenvalue weighted by Gasteiger charge is 2.24. The number of hydrogen-bond donors (Lipinski definition) is 2. The average molecular weight is 301 g/mol. The van der Waals surface area contributed by atoms with E-state index >= 15 is 0 Å². The second-order valence-corrected chi connectivity index (χ2v) is 5.84. The zero-order valence-electron chi connectivity index (χ0n) is 11.6. The summed E-state index contributed by atoms with van der Waals surface area (Å²) in [4.78, 5) is 12.4. The van der Waals surface area contributed by atoms with Gasteiger partial charge in [0, 0.05) is 11.6 Å². The fraction of sp³-hybridized carbons (Fsp3) is 0.235. The number of aryl methyl sites for hydroxylation is 1. The van der Waals surface area contributed by atoms with Crippen LogP contribution in [0.1, 0.15) is 17.5 Å². The van der Waals surface area contributed by atoms with E-state index in [9.17, 15) is 4.79 Å². The van der Waals surface area contributed by atoms with Crippen LogP contribution < -0.4 is 11.1 Å². The Morgan fingerprint density at radius 1 is 1.19 bits per heavy atom. The molecule has 0 spiro atoms. The van der Waals surface area contributed by atoms with Gasteiger partial charge in [-0.2, -0.15) is 0 Å². The van der Waals surface area contributed by atoms with Crippen LogP contribution in [0.4, 0.5) is 11.4 Å². The zero-order valence-corrected chi connectivity index (χ0v) is 12.4. The first-order valence-corrected chi connectivity index (χ1v) is 7.44. The minimum Gasteiger partial charge on any atom is -0.399 e. The number of carbonyl (C=O) groups excluding carboxylic acids is 1. The van der Waals surface area contributed by atoms with E-state index in [1.165, 1.54) is 11.1 Å². The van der Waals surface area contributed by atoms with Crippen molar-refractivity contribution < 1.29 is 4.79 Å². The fourth-order valence-electron chi connectivity index (χ4n) is 2.79. The molecule has 0 heterocycles. The minimum absolute atomic E-state index is 0.00600. The number of anilines is 2. The molecule has 3 N–H and O–H groups in total. The third-order valence-electron chi connectivity index (χ3n) is 3.97. The lowest BCUT2D eigenvalue weighted by atomic mass is 9.83. The van der Waals surface area contributed by atoms with Gasteiger partial charge in [0.1, 0.15) is 0 Å². The molecule has 0 fully saturated rings. The van der Waals surface area contributed by atoms with Crippen LogP contribution in [-0.4, -0.2) is 5.91 Å². The second kappa shape index (κ2) is 5.78. The van der Waals surface area contributed by atoms with Gasteiger partial charge in [0.15, 0.2) is 0 Å². The average Bonchev–Trinajstić information content (AvgIpc) is 2.49. The van der Waals surface area contributed by atoms with Gasteiger partial charge >= 0.3 is 0 Å². The van der Waals surface area contributed by atoms with Crippen LogP contribution in [0.25, 0.3) is 0 Å². The maximum absolute atomic E-state index is 12.4. The Labute approximate surface area is 129 Å². The summed E-state index contributed by atoms with van der Waals surface area (Å²) in [6.45, 7) is 0. The van der Waals surface area contributed by atoms with Crippen molar-refractivity contribution in [2.24, 2.45) is 5.92 Å². The lowest BCUT2D eigenvalue weighted by Gasteiger charge is -2.24. The van der Waals surface area contributed by atoms with E-state index in [0.717, 1.165) is 19.3 Å². The molecular formula is C17H17ClN2O. The Bertz CT molecular complexity index is 684. The highest BCUT2D eigenvalue weighted by molar-refractivity contribution is 6.34. The van der Waals surface area contributed by atoms with E-state index in [1.807, 2.05) is 12.1 Å². The molecule has 1 atom stereocenters. The van der Waals surface area contributed by atoms with Crippen LogP contribution in [0.5, 0.6) is 0 Å². The summed E-state index contributed by atoms with van der Waals surface area (Å²) in [6, 6.07) is 13.4. The summed E-state index contributed by atoms with van der Waals surface area (Å²) in [5.41, 5.74) is 9.49. The molecule has 3 nitrogen and oxygen atoms in total. The standard InChI is InChI=1S/C17H17ClN2O/c18-15-10-14(19)7-8-16(15)20-17(21)13-6-5-11-3-1-2-4-12(11)9-13/h1-4,7-8,10,13H,5-6,9,19H2,(H,20,21). The molecule has 0 aromatic heterocycles. The zero-order chi connectivity index (χ0) is 14.8. The van der Waals surface area contributed by atoms with Gasteiger partial charge in [0.05, 0.1) is 10.7 Å². The summed E-state index contributed by atoms with van der Waals surface area (Å²) in [6.07, 6.45) is 2.60. The number of hydrogen-bond acceptors (Lipinski definition) is 2. The predicted molar refractivity (Wildman–Crippen MR) is 86.5 cm³/mol. The van der Waals surface area contributed by atoms with Crippen molar-refractivity contribution in [3.05, 3.63) is 58.6 Å². The van der Waals surface area contributed by atoms with Crippen LogP contribution in [-0.2, 0) is 17.6 Å². The van der Waals surface area contributed by atoms with Gasteiger partial charge in [0.2, 0.25) is 5.91 Å². The van der Waals surface area contributed by atoms with Gasteiger partial charge in [-0.05, 0) is 48.6 Å². The van der Waals surface area contributed by atoms with Crippen molar-refractivity contribution in [1.29, 1.82) is 0 Å². The molecule has 0 bridgehead atoms. The SMILES string of the molecule is Nc1ccc(NC(=O)C2CCc3ccccc3C2)c(Cl)c1. The van der Waals surface area contributed by atoms with E-state index in [0.29, 0.717) is 16.4 Å². The summed E-state index contributed by atoms with van der Waals surface area (Å²) in [5.74, 6) is 0.0182. The number of nitrogens with two attached hydrogens (primary N) is 1. The van der Waals surface area contributed by atoms with E-state index in [1.54, 1.807) is 18.2 Å². The van der Waals surface area contributed by atoms with Gasteiger partial charge in [-0.25, -0.2) is 0 Å². The summed E-state index contributed by atoms with van der Waals surface area (Å²) >= 11 is 6.10. The maximum atomic E-state index is 12.4. The summed E-state index contributed by atoms with van der Waals surface area (Å²) in [7, 11) is 0. The molecule has 2 aromatic rings. The summed E-state index contributed by atoms with van der Waals surface area (Å²) < 4.78 is 0. The Morgan fingerprint density at radius 2 is 1.95 bits per heavy atom. The van der Waals surface area contributed by atoms with Crippen LogP contribution in [0.15, 0.2) is 42.5 Å². The molecule has 0 aliphatic heterocycles. The highest BCUT2D eigenvalue weighted by Crippen LogP contribution is 2.28. The molecular weight excluding hydrogens is 284 g/mol. The van der Waals surface area contributed by atoms with E-state index in [4.69, 9.17) is 17.3 Å². The van der Waals surface area contributed by atoms with Gasteiger partial charge < -0.3 is 11.1 Å². The molecule has 1 aliphatic rings. The number of rotatable bonds is 2. The largest absolute Gasteiger partial charge is 0.399 e. The Balaban J connectivity index is 1.72. The maximum Gasteiger partial charge on any atom is 0.227 e. The van der Waals surface area contributed by atoms with Crippen LogP contribution in [0.2, 0.25) is 5.02 Å². The van der Waals surface area contributed by atoms with Gasteiger partial charge in [-0.15, -0.1) is 0 Å². The molecule has 21 heavy (non-hydrogen) atoms. The van der Waals surface area contributed by atoms with Crippen LogP contribution in [0.3, 0.4) is 0 Å². The molecule has 108 valence electrons. The van der Waals surface area contributed by atoms with Crippen LogP contribution >= 0.6 is 11.6 Å². The van der Waals surface area contributed by atoms with E-state index in [2.05, 4.69) is 17.4 Å². The molecule has 3 rings (SSSR count). The van der Waals surface area contributed by atoms with Gasteiger partial charge in [0.25, 0.3) is 0 Å². The molecule has 4 heteroatoms. The molecule has 2 aromatic carbocycles. The topological polar surface area (TPSA) is 55.1 Å². The molecule has 1 amide bonds. The number of halogens is 1. The van der Waals surface area contributed by atoms with Gasteiger partial charge in [-0.3, -0.25) is 4.79 Å². The van der Waals surface area contributed by atoms with E-state index < -0.39 is 0 Å². The fourth-order valence-corrected chi connectivity index (χ4v) is 3.03. The Kier molecular flexibility index (Phi) is 3.84. The molecule has 1 unspecified atom stereocenters. The molecule has 0 saturated heterocycles. The van der Waals surface area contributed by atoms with Crippen molar-refractivity contribution in [1.82, 2.24) is 0 Å². The third-order valence-corrected chi connectivity index (χ3v) is 4.28. The van der Waals surface area contributed by atoms with Crippen molar-refractivity contribution in [3.8, 4) is 0 Å². The minimum atomic E-state index is -0.00600. The first-order valence-electron chi connectivity index (χ1n) is 7.06. The van der Waals surface area contributed by atoms with Gasteiger partial charge in [-0.1, -0.05) is 35.9 Å². The lowest BCUT2D eigenvalue weighted by Crippen LogP contribution is -2.28. The number of benzene rings is 2. The smallest absolute Gasteiger partial charge is 0.227 e. The second-order valence-electron chi connectivity index (χ2n) is 5.44. The highest BCUT2D eigenvalue weighted by atomic mass is 35.5. The lowest BCUT2D eigenvalue weighted by molar-refractivity contribution is -0.120. The normalized spacial score (nSPS) is 17.1. The number of nitrogen functional groups attached to an aromatic ring is 1. The third kappa shape index (κ3) is 3.03. The quantitative estimate of drug-likeness (QED) is 0.832. The monoisotopic (exact) mass is 300 g/mol. The number of fused-ring (bicyclic) bond motifs is 1. The number of amides is 1. The van der Waals surface area contributed by atoms with Crippen molar-refractivity contribution in [2.75, 3.05) is 11.1 Å².